The quantitative estimate of drug-likeness (QED) is 0.864. The first kappa shape index (κ1) is 13.3. The molecular weight excluding hydrogens is 238 g/mol. The fraction of sp³-hybridized carbons (Fsp3) is 0.333. The third-order valence-corrected chi connectivity index (χ3v) is 3.08. The number of carbonyl (C=O) groups excluding carboxylic acids is 1. The van der Waals surface area contributed by atoms with Crippen molar-refractivity contribution in [3.05, 3.63) is 53.3 Å². The molecule has 2 rings (SSSR count). The minimum absolute atomic E-state index is 0.0326. The van der Waals surface area contributed by atoms with E-state index in [0.29, 0.717) is 18.0 Å². The second-order valence-electron chi connectivity index (χ2n) is 4.86. The zero-order valence-electron chi connectivity index (χ0n) is 11.3. The average molecular weight is 257 g/mol. The van der Waals surface area contributed by atoms with Crippen LogP contribution in [0.4, 0.5) is 0 Å². The number of amides is 1. The molecule has 2 aromatic rings. The molecule has 1 heterocycles. The second kappa shape index (κ2) is 6.18. The van der Waals surface area contributed by atoms with Crippen molar-refractivity contribution in [2.24, 2.45) is 0 Å². The summed E-state index contributed by atoms with van der Waals surface area (Å²) >= 11 is 0. The number of nitrogens with one attached hydrogen (secondary N) is 2. The maximum Gasteiger partial charge on any atom is 0.251 e. The summed E-state index contributed by atoms with van der Waals surface area (Å²) < 4.78 is 0. The van der Waals surface area contributed by atoms with Crippen molar-refractivity contribution in [1.29, 1.82) is 0 Å². The largest absolute Gasteiger partial charge is 0.352 e. The van der Waals surface area contributed by atoms with Gasteiger partial charge in [-0.1, -0.05) is 26.0 Å². The van der Waals surface area contributed by atoms with Crippen LogP contribution in [0, 0.1) is 0 Å². The van der Waals surface area contributed by atoms with E-state index in [1.54, 1.807) is 6.20 Å². The molecule has 0 unspecified atom stereocenters. The molecule has 1 aromatic carbocycles. The zero-order valence-corrected chi connectivity index (χ0v) is 11.3. The Labute approximate surface area is 113 Å². The highest BCUT2D eigenvalue weighted by molar-refractivity contribution is 5.94. The molecule has 2 N–H and O–H groups in total. The summed E-state index contributed by atoms with van der Waals surface area (Å²) in [6, 6.07) is 9.67. The number of aromatic nitrogens is 2. The highest BCUT2D eigenvalue weighted by atomic mass is 16.1. The Balaban J connectivity index is 1.85. The Bertz CT molecular complexity index is 515. The van der Waals surface area contributed by atoms with Crippen LogP contribution in [0.3, 0.4) is 0 Å². The van der Waals surface area contributed by atoms with Crippen LogP contribution >= 0.6 is 0 Å². The number of carbonyl (C=O) groups is 1. The highest BCUT2D eigenvalue weighted by Gasteiger charge is 2.06. The molecular formula is C15H19N3O. The lowest BCUT2D eigenvalue weighted by molar-refractivity contribution is 0.0954. The molecule has 1 aromatic heterocycles. The smallest absolute Gasteiger partial charge is 0.251 e. The topological polar surface area (TPSA) is 57.8 Å². The molecule has 0 fully saturated rings. The number of nitrogens with zero attached hydrogens (tertiary/aromatic N) is 1. The van der Waals surface area contributed by atoms with Crippen LogP contribution in [-0.2, 0) is 6.42 Å². The van der Waals surface area contributed by atoms with Crippen molar-refractivity contribution in [2.45, 2.75) is 26.2 Å². The molecule has 0 radical (unpaired) electrons. The molecule has 1 amide bonds. The van der Waals surface area contributed by atoms with E-state index in [2.05, 4.69) is 29.4 Å². The van der Waals surface area contributed by atoms with E-state index in [0.717, 1.165) is 12.1 Å². The lowest BCUT2D eigenvalue weighted by Gasteiger charge is -2.07. The van der Waals surface area contributed by atoms with Gasteiger partial charge in [-0.3, -0.25) is 9.89 Å². The van der Waals surface area contributed by atoms with Crippen molar-refractivity contribution < 1.29 is 4.79 Å². The summed E-state index contributed by atoms with van der Waals surface area (Å²) in [5.41, 5.74) is 2.97. The van der Waals surface area contributed by atoms with E-state index in [-0.39, 0.29) is 5.91 Å². The Kier molecular flexibility index (Phi) is 4.34. The van der Waals surface area contributed by atoms with E-state index in [1.807, 2.05) is 30.3 Å². The van der Waals surface area contributed by atoms with Crippen LogP contribution in [0.2, 0.25) is 0 Å². The summed E-state index contributed by atoms with van der Waals surface area (Å²) in [7, 11) is 0. The standard InChI is InChI=1S/C15H19N3O/c1-11(2)12-3-5-13(6-4-12)15(19)16-9-7-14-8-10-17-18-14/h3-6,8,10-11H,7,9H2,1-2H3,(H,16,19)(H,17,18). The summed E-state index contributed by atoms with van der Waals surface area (Å²) in [6.45, 7) is 4.88. The van der Waals surface area contributed by atoms with Gasteiger partial charge >= 0.3 is 0 Å². The minimum atomic E-state index is -0.0326. The molecule has 0 saturated heterocycles. The Morgan fingerprint density at radius 3 is 2.58 bits per heavy atom. The van der Waals surface area contributed by atoms with Crippen LogP contribution in [-0.4, -0.2) is 22.6 Å². The Morgan fingerprint density at radius 2 is 2.00 bits per heavy atom. The van der Waals surface area contributed by atoms with Crippen molar-refractivity contribution in [2.75, 3.05) is 6.54 Å². The van der Waals surface area contributed by atoms with Crippen LogP contribution in [0.15, 0.2) is 36.5 Å². The average Bonchev–Trinajstić information content (AvgIpc) is 2.92. The van der Waals surface area contributed by atoms with Crippen LogP contribution in [0.25, 0.3) is 0 Å². The molecule has 0 atom stereocenters. The van der Waals surface area contributed by atoms with Gasteiger partial charge in [0.15, 0.2) is 0 Å². The van der Waals surface area contributed by atoms with Gasteiger partial charge in [0.05, 0.1) is 0 Å². The first-order valence-corrected chi connectivity index (χ1v) is 6.53. The van der Waals surface area contributed by atoms with E-state index < -0.39 is 0 Å². The van der Waals surface area contributed by atoms with Crippen molar-refractivity contribution in [1.82, 2.24) is 15.5 Å². The molecule has 0 aliphatic rings. The van der Waals surface area contributed by atoms with E-state index in [4.69, 9.17) is 0 Å². The number of benzene rings is 1. The monoisotopic (exact) mass is 257 g/mol. The molecule has 0 aliphatic heterocycles. The zero-order chi connectivity index (χ0) is 13.7. The van der Waals surface area contributed by atoms with Crippen LogP contribution < -0.4 is 5.32 Å². The molecule has 0 aliphatic carbocycles. The fourth-order valence-corrected chi connectivity index (χ4v) is 1.86. The van der Waals surface area contributed by atoms with Gasteiger partial charge in [-0.25, -0.2) is 0 Å². The Morgan fingerprint density at radius 1 is 1.26 bits per heavy atom. The van der Waals surface area contributed by atoms with E-state index in [9.17, 15) is 4.79 Å². The minimum Gasteiger partial charge on any atom is -0.352 e. The third-order valence-electron chi connectivity index (χ3n) is 3.08. The van der Waals surface area contributed by atoms with Gasteiger partial charge in [0.2, 0.25) is 0 Å². The maximum absolute atomic E-state index is 11.9. The predicted molar refractivity (Wildman–Crippen MR) is 75.2 cm³/mol. The van der Waals surface area contributed by atoms with Gasteiger partial charge in [0.1, 0.15) is 0 Å². The number of rotatable bonds is 5. The highest BCUT2D eigenvalue weighted by Crippen LogP contribution is 2.14. The lowest BCUT2D eigenvalue weighted by Crippen LogP contribution is -2.25. The van der Waals surface area contributed by atoms with Gasteiger partial charge in [-0.15, -0.1) is 0 Å². The lowest BCUT2D eigenvalue weighted by atomic mass is 10.0. The maximum atomic E-state index is 11.9. The molecule has 100 valence electrons. The summed E-state index contributed by atoms with van der Waals surface area (Å²) in [6.07, 6.45) is 2.47. The summed E-state index contributed by atoms with van der Waals surface area (Å²) in [5, 5.41) is 9.64. The van der Waals surface area contributed by atoms with E-state index in [1.165, 1.54) is 5.56 Å². The van der Waals surface area contributed by atoms with Gasteiger partial charge in [0, 0.05) is 30.4 Å². The van der Waals surface area contributed by atoms with Crippen LogP contribution in [0.5, 0.6) is 0 Å². The molecule has 4 nitrogen and oxygen atoms in total. The number of hydrogen-bond acceptors (Lipinski definition) is 2. The first-order valence-electron chi connectivity index (χ1n) is 6.53. The van der Waals surface area contributed by atoms with Crippen molar-refractivity contribution in [3.8, 4) is 0 Å². The molecule has 0 spiro atoms. The normalized spacial score (nSPS) is 10.7. The number of hydrogen-bond donors (Lipinski definition) is 2. The summed E-state index contributed by atoms with van der Waals surface area (Å²) in [4.78, 5) is 11.9. The van der Waals surface area contributed by atoms with Gasteiger partial charge < -0.3 is 5.32 Å². The molecule has 0 saturated carbocycles. The van der Waals surface area contributed by atoms with Gasteiger partial charge in [0.25, 0.3) is 5.91 Å². The van der Waals surface area contributed by atoms with Gasteiger partial charge in [-0.05, 0) is 29.7 Å². The fourth-order valence-electron chi connectivity index (χ4n) is 1.86. The number of aromatic amines is 1. The molecule has 19 heavy (non-hydrogen) atoms. The van der Waals surface area contributed by atoms with Crippen molar-refractivity contribution >= 4 is 5.91 Å². The van der Waals surface area contributed by atoms with Crippen LogP contribution in [0.1, 0.15) is 41.4 Å². The predicted octanol–water partition coefficient (Wildman–Crippen LogP) is 2.51. The summed E-state index contributed by atoms with van der Waals surface area (Å²) in [5.74, 6) is 0.451. The second-order valence-corrected chi connectivity index (χ2v) is 4.86. The first-order chi connectivity index (χ1) is 9.16. The molecule has 0 bridgehead atoms. The van der Waals surface area contributed by atoms with Crippen molar-refractivity contribution in [3.63, 3.8) is 0 Å². The third kappa shape index (κ3) is 3.68. The SMILES string of the molecule is CC(C)c1ccc(C(=O)NCCc2ccn[nH]2)cc1. The Hall–Kier alpha value is -2.10. The van der Waals surface area contributed by atoms with E-state index >= 15 is 0 Å². The molecule has 4 heteroatoms. The number of H-pyrrole nitrogens is 1. The van der Waals surface area contributed by atoms with Gasteiger partial charge in [-0.2, -0.15) is 5.10 Å².